The predicted octanol–water partition coefficient (Wildman–Crippen LogP) is 2.36. The number of ether oxygens (including phenoxy) is 1. The second-order valence-electron chi connectivity index (χ2n) is 4.82. The molecule has 2 heterocycles. The first-order valence-corrected chi connectivity index (χ1v) is 6.82. The van der Waals surface area contributed by atoms with Gasteiger partial charge in [-0.15, -0.1) is 10.2 Å². The number of methoxy groups -OCH3 is 1. The number of aromatic nitrogens is 2. The van der Waals surface area contributed by atoms with Gasteiger partial charge >= 0.3 is 5.97 Å². The maximum atomic E-state index is 11.3. The van der Waals surface area contributed by atoms with Crippen LogP contribution in [0.1, 0.15) is 22.5 Å². The van der Waals surface area contributed by atoms with Crippen molar-refractivity contribution in [2.75, 3.05) is 24.3 Å². The summed E-state index contributed by atoms with van der Waals surface area (Å²) in [4.78, 5) is 11.3. The van der Waals surface area contributed by atoms with Gasteiger partial charge in [0.15, 0.2) is 11.5 Å². The van der Waals surface area contributed by atoms with E-state index in [1.54, 1.807) is 12.1 Å². The number of carbonyl (C=O) groups is 1. The lowest BCUT2D eigenvalue weighted by Crippen LogP contribution is -2.11. The fraction of sp³-hybridized carbons (Fsp3) is 0.267. The summed E-state index contributed by atoms with van der Waals surface area (Å²) in [6.45, 7) is 1.03. The maximum Gasteiger partial charge on any atom is 0.358 e. The van der Waals surface area contributed by atoms with Crippen molar-refractivity contribution in [2.45, 2.75) is 12.8 Å². The van der Waals surface area contributed by atoms with Crippen LogP contribution in [0.5, 0.6) is 0 Å². The highest BCUT2D eigenvalue weighted by Gasteiger charge is 2.10. The molecular formula is C15H16N4O2. The summed E-state index contributed by atoms with van der Waals surface area (Å²) >= 11 is 0. The van der Waals surface area contributed by atoms with Crippen molar-refractivity contribution in [3.8, 4) is 0 Å². The molecule has 21 heavy (non-hydrogen) atoms. The summed E-state index contributed by atoms with van der Waals surface area (Å²) in [5.74, 6) is 0.0975. The SMILES string of the molecule is COC(=O)c1ccc(Nc2ccc3c(c2)CCCN3)nn1. The first-order valence-electron chi connectivity index (χ1n) is 6.82. The van der Waals surface area contributed by atoms with Crippen LogP contribution in [-0.4, -0.2) is 29.8 Å². The van der Waals surface area contributed by atoms with Gasteiger partial charge in [-0.2, -0.15) is 0 Å². The Morgan fingerprint density at radius 1 is 1.29 bits per heavy atom. The van der Waals surface area contributed by atoms with Gasteiger partial charge in [-0.1, -0.05) is 0 Å². The molecule has 1 aliphatic heterocycles. The van der Waals surface area contributed by atoms with E-state index < -0.39 is 5.97 Å². The molecule has 0 saturated heterocycles. The van der Waals surface area contributed by atoms with E-state index in [4.69, 9.17) is 0 Å². The molecule has 2 N–H and O–H groups in total. The molecule has 1 aromatic carbocycles. The van der Waals surface area contributed by atoms with Crippen LogP contribution in [0.25, 0.3) is 0 Å². The van der Waals surface area contributed by atoms with Crippen molar-refractivity contribution in [1.29, 1.82) is 0 Å². The molecule has 108 valence electrons. The minimum absolute atomic E-state index is 0.192. The van der Waals surface area contributed by atoms with E-state index >= 15 is 0 Å². The highest BCUT2D eigenvalue weighted by molar-refractivity contribution is 5.87. The second-order valence-corrected chi connectivity index (χ2v) is 4.82. The van der Waals surface area contributed by atoms with Crippen molar-refractivity contribution in [2.24, 2.45) is 0 Å². The zero-order valence-corrected chi connectivity index (χ0v) is 11.7. The Morgan fingerprint density at radius 2 is 2.19 bits per heavy atom. The molecule has 1 aliphatic rings. The zero-order valence-electron chi connectivity index (χ0n) is 11.7. The smallest absolute Gasteiger partial charge is 0.358 e. The van der Waals surface area contributed by atoms with Crippen LogP contribution in [0.4, 0.5) is 17.2 Å². The molecule has 0 spiro atoms. The van der Waals surface area contributed by atoms with E-state index in [-0.39, 0.29) is 5.69 Å². The number of carbonyl (C=O) groups excluding carboxylic acids is 1. The van der Waals surface area contributed by atoms with Crippen LogP contribution in [-0.2, 0) is 11.2 Å². The van der Waals surface area contributed by atoms with Gasteiger partial charge in [-0.25, -0.2) is 4.79 Å². The first kappa shape index (κ1) is 13.4. The van der Waals surface area contributed by atoms with Gasteiger partial charge in [0.05, 0.1) is 7.11 Å². The number of esters is 1. The molecule has 3 rings (SSSR count). The molecule has 0 saturated carbocycles. The first-order chi connectivity index (χ1) is 10.3. The molecule has 2 aromatic rings. The number of aryl methyl sites for hydroxylation is 1. The number of hydrogen-bond donors (Lipinski definition) is 2. The summed E-state index contributed by atoms with van der Waals surface area (Å²) in [7, 11) is 1.32. The molecule has 0 unspecified atom stereocenters. The molecule has 0 amide bonds. The zero-order chi connectivity index (χ0) is 14.7. The van der Waals surface area contributed by atoms with E-state index in [1.165, 1.54) is 18.4 Å². The Kier molecular flexibility index (Phi) is 3.68. The van der Waals surface area contributed by atoms with Gasteiger partial charge in [0.1, 0.15) is 0 Å². The van der Waals surface area contributed by atoms with Gasteiger partial charge in [-0.05, 0) is 48.7 Å². The number of nitrogens with one attached hydrogen (secondary N) is 2. The number of nitrogens with zero attached hydrogens (tertiary/aromatic N) is 2. The van der Waals surface area contributed by atoms with Gasteiger partial charge in [0, 0.05) is 17.9 Å². The molecule has 0 radical (unpaired) electrons. The minimum atomic E-state index is -0.492. The maximum absolute atomic E-state index is 11.3. The van der Waals surface area contributed by atoms with E-state index in [1.807, 2.05) is 6.07 Å². The van der Waals surface area contributed by atoms with Gasteiger partial charge < -0.3 is 15.4 Å². The summed E-state index contributed by atoms with van der Waals surface area (Å²) in [6, 6.07) is 9.45. The average Bonchev–Trinajstić information content (AvgIpc) is 2.55. The van der Waals surface area contributed by atoms with Crippen molar-refractivity contribution in [3.63, 3.8) is 0 Å². The quantitative estimate of drug-likeness (QED) is 0.843. The molecule has 0 aliphatic carbocycles. The lowest BCUT2D eigenvalue weighted by Gasteiger charge is -2.18. The Balaban J connectivity index is 1.75. The van der Waals surface area contributed by atoms with E-state index in [0.29, 0.717) is 5.82 Å². The van der Waals surface area contributed by atoms with Gasteiger partial charge in [-0.3, -0.25) is 0 Å². The van der Waals surface area contributed by atoms with Crippen molar-refractivity contribution in [3.05, 3.63) is 41.6 Å². The van der Waals surface area contributed by atoms with Crippen LogP contribution in [0.3, 0.4) is 0 Å². The van der Waals surface area contributed by atoms with Crippen LogP contribution in [0.15, 0.2) is 30.3 Å². The van der Waals surface area contributed by atoms with E-state index in [0.717, 1.165) is 25.1 Å². The Hall–Kier alpha value is -2.63. The summed E-state index contributed by atoms with van der Waals surface area (Å²) in [6.07, 6.45) is 2.22. The topological polar surface area (TPSA) is 76.1 Å². The second kappa shape index (κ2) is 5.78. The Bertz CT molecular complexity index is 655. The molecule has 0 atom stereocenters. The molecule has 1 aromatic heterocycles. The number of anilines is 3. The lowest BCUT2D eigenvalue weighted by molar-refractivity contribution is 0.0593. The Labute approximate surface area is 122 Å². The van der Waals surface area contributed by atoms with Gasteiger partial charge in [0.25, 0.3) is 0 Å². The Morgan fingerprint density at radius 3 is 2.95 bits per heavy atom. The number of rotatable bonds is 3. The predicted molar refractivity (Wildman–Crippen MR) is 79.9 cm³/mol. The molecular weight excluding hydrogens is 268 g/mol. The standard InChI is InChI=1S/C15H16N4O2/c1-21-15(20)13-6-7-14(19-18-13)17-11-4-5-12-10(9-11)3-2-8-16-12/h4-7,9,16H,2-3,8H2,1H3,(H,17,19). The van der Waals surface area contributed by atoms with Crippen LogP contribution >= 0.6 is 0 Å². The minimum Gasteiger partial charge on any atom is -0.464 e. The highest BCUT2D eigenvalue weighted by atomic mass is 16.5. The third kappa shape index (κ3) is 2.94. The normalized spacial score (nSPS) is 13.0. The van der Waals surface area contributed by atoms with Crippen molar-refractivity contribution >= 4 is 23.2 Å². The number of hydrogen-bond acceptors (Lipinski definition) is 6. The number of benzene rings is 1. The highest BCUT2D eigenvalue weighted by Crippen LogP contribution is 2.26. The number of fused-ring (bicyclic) bond motifs is 1. The van der Waals surface area contributed by atoms with E-state index in [9.17, 15) is 4.79 Å². The van der Waals surface area contributed by atoms with Gasteiger partial charge in [0.2, 0.25) is 0 Å². The van der Waals surface area contributed by atoms with Crippen molar-refractivity contribution < 1.29 is 9.53 Å². The summed E-state index contributed by atoms with van der Waals surface area (Å²) in [5.41, 5.74) is 3.64. The molecule has 6 heteroatoms. The molecule has 6 nitrogen and oxygen atoms in total. The molecule has 0 fully saturated rings. The fourth-order valence-corrected chi connectivity index (χ4v) is 2.31. The van der Waals surface area contributed by atoms with Crippen LogP contribution < -0.4 is 10.6 Å². The largest absolute Gasteiger partial charge is 0.464 e. The fourth-order valence-electron chi connectivity index (χ4n) is 2.31. The lowest BCUT2D eigenvalue weighted by atomic mass is 10.0. The van der Waals surface area contributed by atoms with Crippen molar-refractivity contribution in [1.82, 2.24) is 10.2 Å². The summed E-state index contributed by atoms with van der Waals surface area (Å²) < 4.78 is 4.59. The monoisotopic (exact) mass is 284 g/mol. The third-order valence-electron chi connectivity index (χ3n) is 3.38. The molecule has 0 bridgehead atoms. The summed E-state index contributed by atoms with van der Waals surface area (Å²) in [5, 5.41) is 14.4. The van der Waals surface area contributed by atoms with Crippen LogP contribution in [0, 0.1) is 0 Å². The van der Waals surface area contributed by atoms with E-state index in [2.05, 4.69) is 37.7 Å². The van der Waals surface area contributed by atoms with Crippen LogP contribution in [0.2, 0.25) is 0 Å². The average molecular weight is 284 g/mol. The third-order valence-corrected chi connectivity index (χ3v) is 3.38.